The topological polar surface area (TPSA) is 81.2 Å². The van der Waals surface area contributed by atoms with Gasteiger partial charge >= 0.3 is 0 Å². The molecule has 212 valence electrons. The molecule has 7 nitrogen and oxygen atoms in total. The maximum Gasteiger partial charge on any atom is 0.251 e. The zero-order chi connectivity index (χ0) is 28.4. The summed E-state index contributed by atoms with van der Waals surface area (Å²) in [6.45, 7) is 11.3. The Hall–Kier alpha value is -3.10. The van der Waals surface area contributed by atoms with E-state index >= 15 is 0 Å². The first-order valence-electron chi connectivity index (χ1n) is 14.3. The number of thioether (sulfide) groups is 1. The van der Waals surface area contributed by atoms with E-state index in [2.05, 4.69) is 13.2 Å². The van der Waals surface area contributed by atoms with Gasteiger partial charge in [-0.1, -0.05) is 49.4 Å². The van der Waals surface area contributed by atoms with Crippen LogP contribution in [0.25, 0.3) is 10.8 Å². The Balaban J connectivity index is 1.55. The molecule has 2 aromatic rings. The summed E-state index contributed by atoms with van der Waals surface area (Å²) in [6.07, 6.45) is 6.15. The van der Waals surface area contributed by atoms with Crippen LogP contribution in [0.15, 0.2) is 67.8 Å². The zero-order valence-corrected chi connectivity index (χ0v) is 24.0. The van der Waals surface area contributed by atoms with E-state index in [9.17, 15) is 19.5 Å². The molecule has 3 fully saturated rings. The van der Waals surface area contributed by atoms with Crippen molar-refractivity contribution in [1.82, 2.24) is 9.80 Å². The van der Waals surface area contributed by atoms with E-state index in [0.29, 0.717) is 32.5 Å². The van der Waals surface area contributed by atoms with Gasteiger partial charge in [0, 0.05) is 43.7 Å². The molecule has 0 radical (unpaired) electrons. The van der Waals surface area contributed by atoms with Gasteiger partial charge in [-0.15, -0.1) is 24.9 Å². The van der Waals surface area contributed by atoms with Crippen molar-refractivity contribution in [1.29, 1.82) is 0 Å². The van der Waals surface area contributed by atoms with Crippen LogP contribution in [0.4, 0.5) is 5.69 Å². The van der Waals surface area contributed by atoms with E-state index < -0.39 is 22.6 Å². The van der Waals surface area contributed by atoms with Crippen molar-refractivity contribution >= 4 is 45.9 Å². The molecule has 2 bridgehead atoms. The third kappa shape index (κ3) is 4.65. The van der Waals surface area contributed by atoms with Crippen LogP contribution in [-0.2, 0) is 14.4 Å². The molecule has 1 spiro atoms. The summed E-state index contributed by atoms with van der Waals surface area (Å²) in [4.78, 5) is 48.0. The summed E-state index contributed by atoms with van der Waals surface area (Å²) < 4.78 is -0.670. The first-order chi connectivity index (χ1) is 19.4. The fraction of sp³-hybridized carbons (Fsp3) is 0.469. The average molecular weight is 562 g/mol. The SMILES string of the molecule is C=CCN(CCC)C(=O)[C@@H]1[C@@H]2CCC3(S2)C(C(=O)N(CC=C)c2ccc4ccccc4c2)N(CCCO)C(=O)[C@H]13. The number of anilines is 1. The number of rotatable bonds is 12. The molecule has 8 heteroatoms. The van der Waals surface area contributed by atoms with E-state index in [1.807, 2.05) is 54.3 Å². The minimum Gasteiger partial charge on any atom is -0.396 e. The molecular weight excluding hydrogens is 522 g/mol. The third-order valence-corrected chi connectivity index (χ3v) is 10.6. The highest BCUT2D eigenvalue weighted by Gasteiger charge is 2.74. The molecule has 0 aliphatic carbocycles. The number of amides is 3. The quantitative estimate of drug-likeness (QED) is 0.392. The molecule has 3 amide bonds. The molecule has 0 aromatic heterocycles. The van der Waals surface area contributed by atoms with E-state index in [-0.39, 0.29) is 36.1 Å². The molecular formula is C32H39N3O4S. The van der Waals surface area contributed by atoms with E-state index in [1.165, 1.54) is 0 Å². The molecule has 3 aliphatic rings. The summed E-state index contributed by atoms with van der Waals surface area (Å²) >= 11 is 1.68. The van der Waals surface area contributed by atoms with Gasteiger partial charge < -0.3 is 19.8 Å². The maximum atomic E-state index is 14.6. The molecule has 5 atom stereocenters. The lowest BCUT2D eigenvalue weighted by Crippen LogP contribution is -2.55. The van der Waals surface area contributed by atoms with Gasteiger partial charge in [0.15, 0.2) is 0 Å². The Kier molecular flexibility index (Phi) is 8.38. The van der Waals surface area contributed by atoms with Crippen LogP contribution in [0.5, 0.6) is 0 Å². The number of aliphatic hydroxyl groups excluding tert-OH is 1. The molecule has 1 N–H and O–H groups in total. The maximum absolute atomic E-state index is 14.6. The van der Waals surface area contributed by atoms with Crippen LogP contribution in [0.3, 0.4) is 0 Å². The number of hydrogen-bond donors (Lipinski definition) is 1. The van der Waals surface area contributed by atoms with Crippen molar-refractivity contribution in [3.05, 3.63) is 67.8 Å². The number of likely N-dealkylation sites (tertiary alicyclic amines) is 1. The third-order valence-electron chi connectivity index (χ3n) is 8.65. The monoisotopic (exact) mass is 561 g/mol. The van der Waals surface area contributed by atoms with Crippen LogP contribution in [-0.4, -0.2) is 81.5 Å². The highest BCUT2D eigenvalue weighted by molar-refractivity contribution is 8.02. The second-order valence-electron chi connectivity index (χ2n) is 11.0. The van der Waals surface area contributed by atoms with E-state index in [4.69, 9.17) is 0 Å². The van der Waals surface area contributed by atoms with Crippen LogP contribution in [0, 0.1) is 11.8 Å². The Morgan fingerprint density at radius 2 is 1.88 bits per heavy atom. The Labute approximate surface area is 240 Å². The van der Waals surface area contributed by atoms with Crippen LogP contribution >= 0.6 is 11.8 Å². The van der Waals surface area contributed by atoms with Crippen molar-refractivity contribution in [3.63, 3.8) is 0 Å². The molecule has 3 saturated heterocycles. The van der Waals surface area contributed by atoms with Gasteiger partial charge in [-0.05, 0) is 48.6 Å². The van der Waals surface area contributed by atoms with Crippen molar-refractivity contribution in [2.24, 2.45) is 11.8 Å². The lowest BCUT2D eigenvalue weighted by atomic mass is 9.70. The van der Waals surface area contributed by atoms with Gasteiger partial charge in [0.1, 0.15) is 6.04 Å². The fourth-order valence-corrected chi connectivity index (χ4v) is 9.27. The van der Waals surface area contributed by atoms with Crippen LogP contribution in [0.2, 0.25) is 0 Å². The lowest BCUT2D eigenvalue weighted by Gasteiger charge is -2.37. The Morgan fingerprint density at radius 1 is 1.12 bits per heavy atom. The minimum absolute atomic E-state index is 0.00754. The highest BCUT2D eigenvalue weighted by atomic mass is 32.2. The molecule has 40 heavy (non-hydrogen) atoms. The van der Waals surface area contributed by atoms with Gasteiger partial charge in [-0.2, -0.15) is 0 Å². The number of carbonyl (C=O) groups excluding carboxylic acids is 3. The van der Waals surface area contributed by atoms with Crippen LogP contribution in [0.1, 0.15) is 32.6 Å². The van der Waals surface area contributed by atoms with Gasteiger partial charge in [-0.3, -0.25) is 14.4 Å². The smallest absolute Gasteiger partial charge is 0.251 e. The van der Waals surface area contributed by atoms with Crippen molar-refractivity contribution < 1.29 is 19.5 Å². The van der Waals surface area contributed by atoms with E-state index in [1.54, 1.807) is 33.7 Å². The summed E-state index contributed by atoms with van der Waals surface area (Å²) in [5.74, 6) is -1.30. The largest absolute Gasteiger partial charge is 0.396 e. The molecule has 2 aromatic carbocycles. The van der Waals surface area contributed by atoms with E-state index in [0.717, 1.165) is 29.3 Å². The first kappa shape index (κ1) is 28.4. The summed E-state index contributed by atoms with van der Waals surface area (Å²) in [5.41, 5.74) is 0.753. The Morgan fingerprint density at radius 3 is 2.58 bits per heavy atom. The van der Waals surface area contributed by atoms with Crippen LogP contribution < -0.4 is 4.90 Å². The summed E-state index contributed by atoms with van der Waals surface area (Å²) in [5, 5.41) is 11.8. The molecule has 2 unspecified atom stereocenters. The second kappa shape index (κ2) is 11.8. The number of benzene rings is 2. The van der Waals surface area contributed by atoms with Gasteiger partial charge in [-0.25, -0.2) is 0 Å². The molecule has 5 rings (SSSR count). The van der Waals surface area contributed by atoms with Crippen molar-refractivity contribution in [3.8, 4) is 0 Å². The number of nitrogens with zero attached hydrogens (tertiary/aromatic N) is 3. The molecule has 3 aliphatic heterocycles. The fourth-order valence-electron chi connectivity index (χ4n) is 7.07. The predicted octanol–water partition coefficient (Wildman–Crippen LogP) is 4.26. The highest BCUT2D eigenvalue weighted by Crippen LogP contribution is 2.66. The van der Waals surface area contributed by atoms with Crippen molar-refractivity contribution in [2.75, 3.05) is 37.7 Å². The summed E-state index contributed by atoms with van der Waals surface area (Å²) in [7, 11) is 0. The summed E-state index contributed by atoms with van der Waals surface area (Å²) in [6, 6.07) is 13.3. The predicted molar refractivity (Wildman–Crippen MR) is 161 cm³/mol. The zero-order valence-electron chi connectivity index (χ0n) is 23.2. The van der Waals surface area contributed by atoms with Crippen molar-refractivity contribution in [2.45, 2.75) is 48.6 Å². The normalized spacial score (nSPS) is 26.6. The molecule has 3 heterocycles. The minimum atomic E-state index is -0.713. The number of carbonyl (C=O) groups is 3. The first-order valence-corrected chi connectivity index (χ1v) is 15.2. The molecule has 0 saturated carbocycles. The van der Waals surface area contributed by atoms with Gasteiger partial charge in [0.25, 0.3) is 5.91 Å². The second-order valence-corrected chi connectivity index (χ2v) is 12.6. The van der Waals surface area contributed by atoms with Gasteiger partial charge in [0.2, 0.25) is 11.8 Å². The van der Waals surface area contributed by atoms with Gasteiger partial charge in [0.05, 0.1) is 16.6 Å². The number of hydrogen-bond acceptors (Lipinski definition) is 5. The lowest BCUT2D eigenvalue weighted by molar-refractivity contribution is -0.144. The number of aliphatic hydroxyl groups is 1. The Bertz CT molecular complexity index is 1310. The standard InChI is InChI=1S/C32H39N3O4S/c1-4-16-33(17-5-2)29(37)26-25-14-15-32(40-25)27(26)30(38)35(19-9-20-36)28(32)31(39)34(18-6-3)24-13-12-22-10-7-8-11-23(22)21-24/h4,6-8,10-13,21,25-28,36H,1,3,5,9,14-20H2,2H3/t25-,26+,27-,28?,32?/m0/s1. The number of fused-ring (bicyclic) bond motifs is 2. The average Bonchev–Trinajstić information content (AvgIpc) is 3.61.